The van der Waals surface area contributed by atoms with E-state index in [4.69, 9.17) is 4.74 Å². The van der Waals surface area contributed by atoms with Gasteiger partial charge in [-0.2, -0.15) is 11.8 Å². The minimum absolute atomic E-state index is 0.0121. The third-order valence-electron chi connectivity index (χ3n) is 19.2. The predicted molar refractivity (Wildman–Crippen MR) is 370 cm³/mol. The Balaban J connectivity index is 2.36. The van der Waals surface area contributed by atoms with E-state index in [0.29, 0.717) is 25.4 Å². The Labute approximate surface area is 572 Å². The SMILES string of the molecule is C/C=C/C[C@@H](C)[C@@H](O)[C@@H]1C(=O)N[C@H](CC)C(=O)N(C)[C@H](CSCCCN2CCOCC2)C(=O)N(C)[C@@H](CC(C)C)C(=O)N[C@H](C(C)C)C(=O)N(C)[C@@H]2CC(C)N(C2=O)[C@H](C)C(=O)N[C@@H](C)C(=O)N(C)[C@H](CC(C)C)C(=O)N(C)[C@H](CC(C)C)C(=O)N(C)[C@H](C(C)C)C(=O)N1C. The first kappa shape index (κ1) is 83.4. The van der Waals surface area contributed by atoms with E-state index in [1.807, 2.05) is 54.5 Å². The maximum Gasteiger partial charge on any atom is 0.246 e. The lowest BCUT2D eigenvalue weighted by atomic mass is 9.91. The van der Waals surface area contributed by atoms with Crippen molar-refractivity contribution >= 4 is 76.7 Å². The molecule has 25 nitrogen and oxygen atoms in total. The Morgan fingerprint density at radius 1 is 0.547 bits per heavy atom. The fourth-order valence-corrected chi connectivity index (χ4v) is 14.2. The van der Waals surface area contributed by atoms with Crippen LogP contribution in [-0.2, 0) is 57.5 Å². The average Bonchev–Trinajstić information content (AvgIpc) is 1.74. The lowest BCUT2D eigenvalue weighted by Gasteiger charge is -2.41. The number of hydrogen-bond acceptors (Lipinski definition) is 15. The summed E-state index contributed by atoms with van der Waals surface area (Å²) in [7, 11) is 10.2. The van der Waals surface area contributed by atoms with Gasteiger partial charge in [-0.25, -0.2) is 0 Å². The highest BCUT2D eigenvalue weighted by atomic mass is 32.2. The van der Waals surface area contributed by atoms with Crippen LogP contribution < -0.4 is 16.0 Å². The summed E-state index contributed by atoms with van der Waals surface area (Å²) in [5, 5.41) is 20.9. The molecule has 14 atom stereocenters. The lowest BCUT2D eigenvalue weighted by Crippen LogP contribution is -2.64. The highest BCUT2D eigenvalue weighted by Crippen LogP contribution is 2.29. The summed E-state index contributed by atoms with van der Waals surface area (Å²) in [6.45, 7) is 31.9. The van der Waals surface area contributed by atoms with Crippen molar-refractivity contribution in [3.05, 3.63) is 12.2 Å². The highest BCUT2D eigenvalue weighted by molar-refractivity contribution is 7.99. The molecule has 0 aromatic heterocycles. The number of morpholine rings is 1. The molecule has 95 heavy (non-hydrogen) atoms. The predicted octanol–water partition coefficient (Wildman–Crippen LogP) is 3.55. The molecule has 3 saturated heterocycles. The molecule has 542 valence electrons. The topological polar surface area (TPSA) is 282 Å². The van der Waals surface area contributed by atoms with Gasteiger partial charge in [0.05, 0.1) is 19.3 Å². The number of carbonyl (C=O) groups is 11. The summed E-state index contributed by atoms with van der Waals surface area (Å²) in [5.41, 5.74) is 0. The molecule has 2 bridgehead atoms. The molecule has 0 aromatic rings. The van der Waals surface area contributed by atoms with Gasteiger partial charge in [-0.05, 0) is 120 Å². The third kappa shape index (κ3) is 22.1. The quantitative estimate of drug-likeness (QED) is 0.106. The van der Waals surface area contributed by atoms with Crippen LogP contribution in [0.4, 0.5) is 0 Å². The zero-order valence-corrected chi connectivity index (χ0v) is 62.6. The molecule has 3 aliphatic heterocycles. The summed E-state index contributed by atoms with van der Waals surface area (Å²) < 4.78 is 5.54. The number of thioether (sulfide) groups is 1. The maximum absolute atomic E-state index is 15.4. The van der Waals surface area contributed by atoms with Gasteiger partial charge in [0.25, 0.3) is 0 Å². The van der Waals surface area contributed by atoms with Gasteiger partial charge < -0.3 is 65.0 Å². The smallest absolute Gasteiger partial charge is 0.246 e. The first-order chi connectivity index (χ1) is 44.3. The molecule has 3 fully saturated rings. The Morgan fingerprint density at radius 3 is 1.56 bits per heavy atom. The molecule has 0 radical (unpaired) electrons. The second-order valence-corrected chi connectivity index (χ2v) is 30.0. The summed E-state index contributed by atoms with van der Waals surface area (Å²) in [6, 6.07) is -14.0. The number of ether oxygens (including phenoxy) is 1. The van der Waals surface area contributed by atoms with Crippen LogP contribution in [0.2, 0.25) is 0 Å². The van der Waals surface area contributed by atoms with E-state index in [9.17, 15) is 29.1 Å². The number of aliphatic hydroxyl groups is 1. The van der Waals surface area contributed by atoms with Gasteiger partial charge in [0.15, 0.2) is 0 Å². The van der Waals surface area contributed by atoms with Crippen molar-refractivity contribution in [3.8, 4) is 0 Å². The minimum atomic E-state index is -1.63. The fourth-order valence-electron chi connectivity index (χ4n) is 13.1. The maximum atomic E-state index is 15.4. The van der Waals surface area contributed by atoms with Crippen LogP contribution >= 0.6 is 11.8 Å². The number of nitrogens with zero attached hydrogens (tertiary/aromatic N) is 9. The molecule has 1 unspecified atom stereocenters. The molecule has 0 saturated carbocycles. The van der Waals surface area contributed by atoms with E-state index in [0.717, 1.165) is 31.0 Å². The minimum Gasteiger partial charge on any atom is -0.390 e. The van der Waals surface area contributed by atoms with Crippen LogP contribution in [0.5, 0.6) is 0 Å². The molecule has 3 rings (SSSR count). The number of rotatable bonds is 19. The van der Waals surface area contributed by atoms with Crippen LogP contribution in [0.25, 0.3) is 0 Å². The summed E-state index contributed by atoms with van der Waals surface area (Å²) in [6.07, 6.45) is 3.77. The highest BCUT2D eigenvalue weighted by Gasteiger charge is 2.49. The Kier molecular flexibility index (Phi) is 33.6. The van der Waals surface area contributed by atoms with Crippen LogP contribution in [0.1, 0.15) is 156 Å². The Hall–Kier alpha value is -5.86. The largest absolute Gasteiger partial charge is 0.390 e. The fraction of sp³-hybridized carbons (Fsp3) is 0.812. The Bertz CT molecular complexity index is 2640. The molecule has 0 aliphatic carbocycles. The zero-order valence-electron chi connectivity index (χ0n) is 61.8. The molecule has 4 N–H and O–H groups in total. The van der Waals surface area contributed by atoms with Crippen molar-refractivity contribution in [1.82, 2.24) is 60.0 Å². The monoisotopic (exact) mass is 1360 g/mol. The van der Waals surface area contributed by atoms with E-state index in [-0.39, 0.29) is 55.6 Å². The van der Waals surface area contributed by atoms with Gasteiger partial charge in [0, 0.05) is 74.2 Å². The average molecular weight is 1360 g/mol. The van der Waals surface area contributed by atoms with Gasteiger partial charge in [-0.15, -0.1) is 0 Å². The number of aliphatic hydroxyl groups excluding tert-OH is 1. The van der Waals surface area contributed by atoms with Gasteiger partial charge in [0.1, 0.15) is 66.5 Å². The summed E-state index contributed by atoms with van der Waals surface area (Å²) >= 11 is 1.46. The zero-order chi connectivity index (χ0) is 72.4. The van der Waals surface area contributed by atoms with Gasteiger partial charge >= 0.3 is 0 Å². The van der Waals surface area contributed by atoms with E-state index in [1.165, 1.54) is 109 Å². The first-order valence-electron chi connectivity index (χ1n) is 34.6. The van der Waals surface area contributed by atoms with Gasteiger partial charge in [-0.1, -0.05) is 95.2 Å². The number of amides is 11. The van der Waals surface area contributed by atoms with Crippen molar-refractivity contribution in [3.63, 3.8) is 0 Å². The molecular weight excluding hydrogens is 1240 g/mol. The molecule has 0 spiro atoms. The number of nitrogens with one attached hydrogen (secondary N) is 3. The van der Waals surface area contributed by atoms with Crippen LogP contribution in [0, 0.1) is 35.5 Å². The lowest BCUT2D eigenvalue weighted by molar-refractivity contribution is -0.157. The van der Waals surface area contributed by atoms with Gasteiger partial charge in [0.2, 0.25) is 65.0 Å². The van der Waals surface area contributed by atoms with E-state index in [1.54, 1.807) is 54.5 Å². The molecule has 3 heterocycles. The van der Waals surface area contributed by atoms with E-state index in [2.05, 4.69) is 20.9 Å². The first-order valence-corrected chi connectivity index (χ1v) is 35.7. The molecule has 3 aliphatic rings. The Morgan fingerprint density at radius 2 is 1.04 bits per heavy atom. The van der Waals surface area contributed by atoms with E-state index < -0.39 is 161 Å². The molecule has 11 amide bonds. The molecular formula is C69H122N12O13S. The standard InChI is InChI=1S/C69H122N12O13S/c1-24-26-28-45(13)58(82)57-61(85)71-49(25-2)63(87)77(21)54(39-95-34-27-29-80-30-32-94-33-31-80)66(90)73(17)50(35-40(3)4)60(84)72-55(43(9)10)68(92)76(20)53-38-46(14)81(67(53)91)48(16)59(83)70-47(15)62(86)74(18)51(36-41(5)6)64(88)75(19)52(37-42(7)8)65(89)78(22)56(44(11)12)69(93)79(57)23/h24,26,40-58,82H,25,27-39H2,1-23H3,(H,70,83)(H,71,85)(H,72,84)/b26-24+/t45-,46?,47+,48-,49-,50+,51-,52-,53-,54-,55-,56-,57-,58-/m1/s1. The van der Waals surface area contributed by atoms with Crippen molar-refractivity contribution in [2.75, 3.05) is 93.7 Å². The third-order valence-corrected chi connectivity index (χ3v) is 20.3. The molecule has 26 heteroatoms. The second kappa shape index (κ2) is 38.3. The summed E-state index contributed by atoms with van der Waals surface area (Å²) in [4.78, 5) is 177. The normalized spacial score (nSPS) is 28.6. The second-order valence-electron chi connectivity index (χ2n) is 28.8. The van der Waals surface area contributed by atoms with Gasteiger partial charge in [-0.3, -0.25) is 57.6 Å². The number of allylic oxidation sites excluding steroid dienone is 2. The van der Waals surface area contributed by atoms with Crippen molar-refractivity contribution < 1.29 is 62.6 Å². The number of hydrogen-bond donors (Lipinski definition) is 4. The molecule has 0 aromatic carbocycles. The number of fused-ring (bicyclic) bond motifs is 2. The number of likely N-dealkylation sites (N-methyl/N-ethyl adjacent to an activating group) is 7. The van der Waals surface area contributed by atoms with E-state index >= 15 is 28.8 Å². The van der Waals surface area contributed by atoms with Crippen LogP contribution in [0.3, 0.4) is 0 Å². The van der Waals surface area contributed by atoms with Crippen LogP contribution in [-0.4, -0.2) is 286 Å². The van der Waals surface area contributed by atoms with Crippen molar-refractivity contribution in [1.29, 1.82) is 0 Å². The number of carbonyl (C=O) groups excluding carboxylic acids is 11. The van der Waals surface area contributed by atoms with Crippen molar-refractivity contribution in [2.45, 2.75) is 234 Å². The summed E-state index contributed by atoms with van der Waals surface area (Å²) in [5.74, 6) is -8.54. The van der Waals surface area contributed by atoms with Crippen LogP contribution in [0.15, 0.2) is 12.2 Å². The van der Waals surface area contributed by atoms with Crippen molar-refractivity contribution in [2.24, 2.45) is 35.5 Å².